The van der Waals surface area contributed by atoms with Gasteiger partial charge in [0, 0.05) is 11.1 Å². The number of aromatic nitrogens is 4. The van der Waals surface area contributed by atoms with Gasteiger partial charge in [0.2, 0.25) is 0 Å². The van der Waals surface area contributed by atoms with Crippen LogP contribution in [-0.2, 0) is 0 Å². The second-order valence-corrected chi connectivity index (χ2v) is 24.2. The molecule has 3 aromatic heterocycles. The average Bonchev–Trinajstić information content (AvgIpc) is 3.98. The molecule has 4 nitrogen and oxygen atoms in total. The SMILES string of the molecule is c1ccc(-c2nc(-c3ccc(-n4c5ccccc5c5cc6c(cc54)c4ccccc4n6-c4ccccc4)cc3)nc3[c]2[Ge]([c]2ccccc2)([c]2ccccc2)[c]2ccccc2-3)cc1. The normalized spacial score (nSPS) is 12.9. The number of benzene rings is 9. The molecule has 0 amide bonds. The second-order valence-electron chi connectivity index (χ2n) is 16.5. The van der Waals surface area contributed by atoms with E-state index in [1.165, 1.54) is 66.8 Å². The van der Waals surface area contributed by atoms with Crippen molar-refractivity contribution in [1.82, 2.24) is 19.1 Å². The van der Waals surface area contributed by atoms with E-state index in [-0.39, 0.29) is 0 Å². The molecular formula is C58H38GeN4. The third-order valence-electron chi connectivity index (χ3n) is 13.2. The molecule has 0 spiro atoms. The van der Waals surface area contributed by atoms with Crippen molar-refractivity contribution in [2.75, 3.05) is 0 Å². The Kier molecular flexibility index (Phi) is 8.05. The summed E-state index contributed by atoms with van der Waals surface area (Å²) in [5, 5.41) is 4.92. The van der Waals surface area contributed by atoms with Crippen LogP contribution in [0.2, 0.25) is 0 Å². The quantitative estimate of drug-likeness (QED) is 0.156. The number of para-hydroxylation sites is 3. The molecule has 0 radical (unpaired) electrons. The van der Waals surface area contributed by atoms with Crippen LogP contribution in [0.25, 0.3) is 88.9 Å². The van der Waals surface area contributed by atoms with Crippen LogP contribution in [0.15, 0.2) is 231 Å². The van der Waals surface area contributed by atoms with E-state index in [2.05, 4.69) is 240 Å². The topological polar surface area (TPSA) is 35.6 Å². The molecule has 1 aliphatic heterocycles. The number of hydrogen-bond donors (Lipinski definition) is 0. The van der Waals surface area contributed by atoms with E-state index in [0.29, 0.717) is 0 Å². The summed E-state index contributed by atoms with van der Waals surface area (Å²) in [6.07, 6.45) is 0. The molecule has 5 heteroatoms. The summed E-state index contributed by atoms with van der Waals surface area (Å²) in [7, 11) is 0. The summed E-state index contributed by atoms with van der Waals surface area (Å²) in [5.74, 6) is 0.728. The molecule has 63 heavy (non-hydrogen) atoms. The predicted octanol–water partition coefficient (Wildman–Crippen LogP) is 11.4. The average molecular weight is 864 g/mol. The molecular weight excluding hydrogens is 825 g/mol. The van der Waals surface area contributed by atoms with E-state index in [4.69, 9.17) is 9.97 Å². The van der Waals surface area contributed by atoms with Crippen LogP contribution in [0.3, 0.4) is 0 Å². The van der Waals surface area contributed by atoms with E-state index in [1.807, 2.05) is 0 Å². The molecule has 0 unspecified atom stereocenters. The first-order chi connectivity index (χ1) is 31.3. The van der Waals surface area contributed by atoms with Gasteiger partial charge in [-0.25, -0.2) is 0 Å². The van der Waals surface area contributed by atoms with Crippen LogP contribution in [0.5, 0.6) is 0 Å². The third-order valence-corrected chi connectivity index (χ3v) is 23.4. The van der Waals surface area contributed by atoms with Crippen LogP contribution in [-0.4, -0.2) is 32.4 Å². The summed E-state index contributed by atoms with van der Waals surface area (Å²) in [6, 6.07) is 84.0. The minimum atomic E-state index is -3.64. The van der Waals surface area contributed by atoms with Crippen molar-refractivity contribution in [2.45, 2.75) is 0 Å². The monoisotopic (exact) mass is 864 g/mol. The summed E-state index contributed by atoms with van der Waals surface area (Å²) in [6.45, 7) is 0. The van der Waals surface area contributed by atoms with Gasteiger partial charge in [-0.2, -0.15) is 0 Å². The van der Waals surface area contributed by atoms with Gasteiger partial charge in [0.15, 0.2) is 0 Å². The van der Waals surface area contributed by atoms with Gasteiger partial charge in [-0.05, 0) is 18.2 Å². The van der Waals surface area contributed by atoms with E-state index in [0.717, 1.165) is 39.7 Å². The molecule has 0 fully saturated rings. The standard InChI is InChI=1S/C58H38GeN4/c1-5-19-39(20-6-1)56-55-57(47-29-13-16-30-50(47)59(55,41-21-7-2-8-22-41)42-23-9-3-10-24-42)61-58(60-56)40-33-35-44(36-34-40)63-52-32-18-15-28-46(52)49-37-53-48(38-54(49)63)45-27-14-17-31-51(45)62(53)43-25-11-4-12-26-43/h1-38H. The Labute approximate surface area is 367 Å². The summed E-state index contributed by atoms with van der Waals surface area (Å²) < 4.78 is 10.3. The number of fused-ring (bicyclic) bond motifs is 9. The molecule has 0 atom stereocenters. The Morgan fingerprint density at radius 3 is 1.38 bits per heavy atom. The van der Waals surface area contributed by atoms with Gasteiger partial charge in [0.05, 0.1) is 11.0 Å². The maximum absolute atomic E-state index is 5.62. The van der Waals surface area contributed by atoms with Gasteiger partial charge in [0.25, 0.3) is 0 Å². The van der Waals surface area contributed by atoms with Crippen molar-refractivity contribution in [2.24, 2.45) is 0 Å². The Morgan fingerprint density at radius 2 is 0.794 bits per heavy atom. The Bertz CT molecular complexity index is 3670. The molecule has 0 aliphatic carbocycles. The van der Waals surface area contributed by atoms with E-state index in [1.54, 1.807) is 0 Å². The van der Waals surface area contributed by atoms with Gasteiger partial charge in [-0.1, -0.05) is 42.5 Å². The van der Waals surface area contributed by atoms with Crippen LogP contribution in [0.1, 0.15) is 0 Å². The number of nitrogens with zero attached hydrogens (tertiary/aromatic N) is 4. The molecule has 4 heterocycles. The Balaban J connectivity index is 1.02. The second kappa shape index (κ2) is 14.1. The first kappa shape index (κ1) is 35.9. The predicted molar refractivity (Wildman–Crippen MR) is 264 cm³/mol. The number of hydrogen-bond acceptors (Lipinski definition) is 2. The summed E-state index contributed by atoms with van der Waals surface area (Å²) in [5.41, 5.74) is 12.4. The fraction of sp³-hybridized carbons (Fsp3) is 0. The van der Waals surface area contributed by atoms with Gasteiger partial charge in [-0.3, -0.25) is 0 Å². The molecule has 0 bridgehead atoms. The summed E-state index contributed by atoms with van der Waals surface area (Å²) >= 11 is -3.64. The molecule has 9 aromatic carbocycles. The number of rotatable bonds is 6. The molecule has 12 aromatic rings. The molecule has 0 saturated heterocycles. The maximum atomic E-state index is 5.62. The van der Waals surface area contributed by atoms with Crippen LogP contribution >= 0.6 is 0 Å². The zero-order valence-electron chi connectivity index (χ0n) is 34.2. The molecule has 0 N–H and O–H groups in total. The van der Waals surface area contributed by atoms with Crippen LogP contribution in [0.4, 0.5) is 0 Å². The zero-order valence-corrected chi connectivity index (χ0v) is 36.3. The van der Waals surface area contributed by atoms with Crippen molar-refractivity contribution in [3.63, 3.8) is 0 Å². The van der Waals surface area contributed by atoms with Crippen LogP contribution < -0.4 is 17.6 Å². The van der Waals surface area contributed by atoms with E-state index < -0.39 is 13.3 Å². The van der Waals surface area contributed by atoms with Gasteiger partial charge in [0.1, 0.15) is 0 Å². The minimum absolute atomic E-state index is 0.728. The van der Waals surface area contributed by atoms with Crippen molar-refractivity contribution in [3.05, 3.63) is 231 Å². The first-order valence-electron chi connectivity index (χ1n) is 21.6. The van der Waals surface area contributed by atoms with E-state index >= 15 is 0 Å². The first-order valence-corrected chi connectivity index (χ1v) is 25.8. The van der Waals surface area contributed by atoms with Crippen molar-refractivity contribution >= 4 is 74.5 Å². The Morgan fingerprint density at radius 1 is 0.333 bits per heavy atom. The molecule has 0 saturated carbocycles. The van der Waals surface area contributed by atoms with Crippen molar-refractivity contribution in [3.8, 4) is 45.3 Å². The molecule has 1 aliphatic rings. The van der Waals surface area contributed by atoms with Crippen LogP contribution in [0, 0.1) is 0 Å². The molecule has 294 valence electrons. The van der Waals surface area contributed by atoms with Gasteiger partial charge < -0.3 is 4.57 Å². The van der Waals surface area contributed by atoms with E-state index in [9.17, 15) is 0 Å². The third kappa shape index (κ3) is 5.28. The Hall–Kier alpha value is -7.80. The fourth-order valence-corrected chi connectivity index (χ4v) is 21.6. The fourth-order valence-electron chi connectivity index (χ4n) is 10.6. The molecule has 13 rings (SSSR count). The van der Waals surface area contributed by atoms with Crippen molar-refractivity contribution in [1.29, 1.82) is 0 Å². The zero-order chi connectivity index (χ0) is 41.5. The van der Waals surface area contributed by atoms with Gasteiger partial charge in [-0.15, -0.1) is 0 Å². The van der Waals surface area contributed by atoms with Crippen molar-refractivity contribution < 1.29 is 0 Å². The summed E-state index contributed by atoms with van der Waals surface area (Å²) in [4.78, 5) is 11.2. The van der Waals surface area contributed by atoms with Gasteiger partial charge >= 0.3 is 282 Å².